The largest absolute Gasteiger partial charge is 0.512 e. The summed E-state index contributed by atoms with van der Waals surface area (Å²) in [6.07, 6.45) is -6.89. The minimum absolute atomic E-state index is 0.0183. The van der Waals surface area contributed by atoms with Gasteiger partial charge < -0.3 is 19.3 Å². The summed E-state index contributed by atoms with van der Waals surface area (Å²) < 4.78 is 84.9. The maximum Gasteiger partial charge on any atom is 0.512 e. The number of carbonyl (C=O) groups is 1. The quantitative estimate of drug-likeness (QED) is 0.452. The molecule has 1 N–H and O–H groups in total. The van der Waals surface area contributed by atoms with Crippen molar-refractivity contribution < 1.29 is 45.7 Å². The van der Waals surface area contributed by atoms with Crippen LogP contribution in [0.25, 0.3) is 5.57 Å². The Hall–Kier alpha value is -4.19. The third kappa shape index (κ3) is 4.31. The average Bonchev–Trinajstić information content (AvgIpc) is 2.83. The van der Waals surface area contributed by atoms with Crippen LogP contribution < -0.4 is 13.8 Å². The summed E-state index contributed by atoms with van der Waals surface area (Å²) in [5, 5.41) is 9.49. The van der Waals surface area contributed by atoms with Crippen molar-refractivity contribution in [1.29, 1.82) is 0 Å². The molecule has 0 saturated carbocycles. The maximum atomic E-state index is 13.9. The zero-order chi connectivity index (χ0) is 26.3. The number of ether oxygens (including phenoxy) is 3. The average molecular weight is 521 g/mol. The van der Waals surface area contributed by atoms with Crippen LogP contribution >= 0.6 is 0 Å². The van der Waals surface area contributed by atoms with E-state index in [9.17, 15) is 31.5 Å². The number of hydrogen-bond donors (Lipinski definition) is 1. The summed E-state index contributed by atoms with van der Waals surface area (Å²) in [6, 6.07) is 13.8. The van der Waals surface area contributed by atoms with Gasteiger partial charge in [-0.15, -0.1) is 0 Å². The monoisotopic (exact) mass is 521 g/mol. The van der Waals surface area contributed by atoms with Crippen LogP contribution in [0.5, 0.6) is 11.5 Å². The fourth-order valence-corrected chi connectivity index (χ4v) is 5.52. The lowest BCUT2D eigenvalue weighted by molar-refractivity contribution is -0.137. The number of anilines is 1. The zero-order valence-corrected chi connectivity index (χ0v) is 19.6. The fourth-order valence-electron chi connectivity index (χ4n) is 3.86. The summed E-state index contributed by atoms with van der Waals surface area (Å²) in [4.78, 5) is 11.4. The van der Waals surface area contributed by atoms with Crippen LogP contribution in [0.2, 0.25) is 0 Å². The van der Waals surface area contributed by atoms with E-state index in [1.807, 2.05) is 0 Å². The number of alkyl halides is 3. The van der Waals surface area contributed by atoms with E-state index in [0.29, 0.717) is 6.07 Å². The first-order chi connectivity index (χ1) is 17.0. The van der Waals surface area contributed by atoms with Gasteiger partial charge in [-0.25, -0.2) is 17.5 Å². The second kappa shape index (κ2) is 9.11. The van der Waals surface area contributed by atoms with E-state index in [-0.39, 0.29) is 37.4 Å². The van der Waals surface area contributed by atoms with E-state index < -0.39 is 39.5 Å². The molecular formula is C24H18F3NO7S. The van der Waals surface area contributed by atoms with Crippen LogP contribution in [-0.2, 0) is 20.9 Å². The number of para-hydroxylation sites is 1. The van der Waals surface area contributed by atoms with Gasteiger partial charge in [0.05, 0.1) is 35.9 Å². The van der Waals surface area contributed by atoms with Gasteiger partial charge in [-0.2, -0.15) is 13.2 Å². The third-order valence-electron chi connectivity index (χ3n) is 5.33. The lowest BCUT2D eigenvalue weighted by Gasteiger charge is -2.34. The molecule has 0 bridgehead atoms. The Balaban J connectivity index is 2.18. The molecule has 0 aliphatic carbocycles. The first-order valence-corrected chi connectivity index (χ1v) is 11.6. The molecule has 0 saturated heterocycles. The second-order valence-corrected chi connectivity index (χ2v) is 9.19. The highest BCUT2D eigenvalue weighted by molar-refractivity contribution is 7.93. The Labute approximate surface area is 203 Å². The van der Waals surface area contributed by atoms with Crippen molar-refractivity contribution in [3.05, 3.63) is 89.3 Å². The minimum atomic E-state index is -4.96. The van der Waals surface area contributed by atoms with E-state index in [0.717, 1.165) is 12.1 Å². The Morgan fingerprint density at radius 3 is 2.08 bits per heavy atom. The van der Waals surface area contributed by atoms with Crippen LogP contribution in [0, 0.1) is 0 Å². The van der Waals surface area contributed by atoms with Crippen LogP contribution in [0.1, 0.15) is 16.7 Å². The lowest BCUT2D eigenvalue weighted by atomic mass is 9.97. The van der Waals surface area contributed by atoms with Crippen molar-refractivity contribution >= 4 is 27.4 Å². The van der Waals surface area contributed by atoms with Gasteiger partial charge in [0.1, 0.15) is 11.5 Å². The Morgan fingerprint density at radius 2 is 1.50 bits per heavy atom. The smallest absolute Gasteiger partial charge is 0.497 e. The summed E-state index contributed by atoms with van der Waals surface area (Å²) in [5.41, 5.74) is -2.04. The predicted molar refractivity (Wildman–Crippen MR) is 122 cm³/mol. The van der Waals surface area contributed by atoms with Crippen LogP contribution in [0.15, 0.2) is 77.5 Å². The fraction of sp³-hybridized carbons (Fsp3) is 0.125. The molecule has 3 aromatic carbocycles. The molecule has 1 aliphatic heterocycles. The highest BCUT2D eigenvalue weighted by Gasteiger charge is 2.45. The Morgan fingerprint density at radius 1 is 0.917 bits per heavy atom. The number of halogens is 3. The number of hydrogen-bond acceptors (Lipinski definition) is 6. The zero-order valence-electron chi connectivity index (χ0n) is 18.7. The third-order valence-corrected chi connectivity index (χ3v) is 7.08. The van der Waals surface area contributed by atoms with E-state index in [2.05, 4.69) is 0 Å². The van der Waals surface area contributed by atoms with Gasteiger partial charge in [0.25, 0.3) is 10.0 Å². The number of fused-ring (bicyclic) bond motifs is 1. The molecule has 188 valence electrons. The topological polar surface area (TPSA) is 102 Å². The molecule has 8 nitrogen and oxygen atoms in total. The molecular weight excluding hydrogens is 503 g/mol. The van der Waals surface area contributed by atoms with Crippen molar-refractivity contribution in [3.63, 3.8) is 0 Å². The molecule has 0 atom stereocenters. The van der Waals surface area contributed by atoms with Crippen molar-refractivity contribution in [3.8, 4) is 11.5 Å². The molecule has 0 amide bonds. The second-order valence-electron chi connectivity index (χ2n) is 7.43. The summed E-state index contributed by atoms with van der Waals surface area (Å²) in [7, 11) is -2.03. The number of carboxylic acid groups (broad SMARTS) is 1. The molecule has 0 spiro atoms. The highest BCUT2D eigenvalue weighted by Crippen LogP contribution is 2.47. The number of nitrogens with zero attached hydrogens (tertiary/aromatic N) is 1. The van der Waals surface area contributed by atoms with Gasteiger partial charge in [0.15, 0.2) is 0 Å². The van der Waals surface area contributed by atoms with E-state index >= 15 is 0 Å². The summed E-state index contributed by atoms with van der Waals surface area (Å²) >= 11 is 0. The van der Waals surface area contributed by atoms with Gasteiger partial charge in [-0.1, -0.05) is 30.3 Å². The number of benzene rings is 3. The SMILES string of the molecule is COc1cc(OC)cc(C2=C(OC(=O)O)N(c3ccccc3C(F)(F)F)S(=O)(=O)c3ccccc32)c1. The van der Waals surface area contributed by atoms with Crippen LogP contribution in [0.4, 0.5) is 23.7 Å². The van der Waals surface area contributed by atoms with Gasteiger partial charge in [0, 0.05) is 11.6 Å². The molecule has 3 aromatic rings. The molecule has 4 rings (SSSR count). The maximum absolute atomic E-state index is 13.9. The van der Waals surface area contributed by atoms with Crippen molar-refractivity contribution in [2.45, 2.75) is 11.1 Å². The van der Waals surface area contributed by atoms with Gasteiger partial charge in [-0.3, -0.25) is 0 Å². The van der Waals surface area contributed by atoms with Gasteiger partial charge >= 0.3 is 12.3 Å². The van der Waals surface area contributed by atoms with E-state index in [4.69, 9.17) is 14.2 Å². The van der Waals surface area contributed by atoms with Gasteiger partial charge in [0.2, 0.25) is 5.88 Å². The highest BCUT2D eigenvalue weighted by atomic mass is 32.2. The van der Waals surface area contributed by atoms with E-state index in [1.165, 1.54) is 62.8 Å². The predicted octanol–water partition coefficient (Wildman–Crippen LogP) is 5.34. The van der Waals surface area contributed by atoms with Crippen LogP contribution in [0.3, 0.4) is 0 Å². The Kier molecular flexibility index (Phi) is 6.31. The molecule has 36 heavy (non-hydrogen) atoms. The molecule has 12 heteroatoms. The van der Waals surface area contributed by atoms with Crippen molar-refractivity contribution in [2.75, 3.05) is 18.5 Å². The summed E-state index contributed by atoms with van der Waals surface area (Å²) in [6.45, 7) is 0. The van der Waals surface area contributed by atoms with Crippen LogP contribution in [-0.4, -0.2) is 33.9 Å². The number of sulfonamides is 1. The Bertz CT molecular complexity index is 1460. The normalized spacial score (nSPS) is 14.8. The number of rotatable bonds is 5. The molecule has 0 unspecified atom stereocenters. The van der Waals surface area contributed by atoms with Gasteiger partial charge in [-0.05, 0) is 35.9 Å². The molecule has 1 heterocycles. The standard InChI is InChI=1S/C24H18F3NO7S/c1-33-15-11-14(12-16(13-15)34-2)21-17-7-3-6-10-20(17)36(31,32)28(22(21)35-23(29)30)19-9-5-4-8-18(19)24(25,26)27/h3-13H,1-2H3,(H,29,30). The summed E-state index contributed by atoms with van der Waals surface area (Å²) in [5.74, 6) is -0.326. The first-order valence-electron chi connectivity index (χ1n) is 10.2. The number of methoxy groups -OCH3 is 2. The van der Waals surface area contributed by atoms with Crippen molar-refractivity contribution in [2.24, 2.45) is 0 Å². The van der Waals surface area contributed by atoms with E-state index in [1.54, 1.807) is 0 Å². The minimum Gasteiger partial charge on any atom is -0.497 e. The molecule has 1 aliphatic rings. The molecule has 0 fully saturated rings. The lowest BCUT2D eigenvalue weighted by Crippen LogP contribution is -2.38. The molecule has 0 aromatic heterocycles. The van der Waals surface area contributed by atoms with Crippen molar-refractivity contribution in [1.82, 2.24) is 0 Å². The first kappa shape index (κ1) is 24.9. The molecule has 0 radical (unpaired) electrons.